The molecule has 4 heteroatoms. The first kappa shape index (κ1) is 13.8. The Morgan fingerprint density at radius 1 is 1.05 bits per heavy atom. The van der Waals surface area contributed by atoms with Crippen molar-refractivity contribution in [3.63, 3.8) is 0 Å². The Kier molecular flexibility index (Phi) is 3.80. The van der Waals surface area contributed by atoms with Gasteiger partial charge in [0, 0.05) is 35.2 Å². The Bertz CT molecular complexity index is 827. The van der Waals surface area contributed by atoms with Gasteiger partial charge in [0.25, 0.3) is 0 Å². The van der Waals surface area contributed by atoms with Crippen LogP contribution in [-0.2, 0) is 0 Å². The van der Waals surface area contributed by atoms with Crippen LogP contribution < -0.4 is 5.32 Å². The van der Waals surface area contributed by atoms with Crippen LogP contribution in [0.25, 0.3) is 0 Å². The number of pyridine rings is 1. The van der Waals surface area contributed by atoms with Gasteiger partial charge in [-0.1, -0.05) is 36.1 Å². The minimum atomic E-state index is -0.182. The van der Waals surface area contributed by atoms with Gasteiger partial charge >= 0.3 is 0 Å². The number of benzene rings is 1. The highest BCUT2D eigenvalue weighted by Crippen LogP contribution is 2.19. The third-order valence-electron chi connectivity index (χ3n) is 3.22. The molecule has 3 rings (SSSR count). The van der Waals surface area contributed by atoms with Gasteiger partial charge < -0.3 is 5.32 Å². The standard InChI is InChI=1S/C18H12N2O2/c21-17-11-16(18(22)15-8-2-1-7-14(15)17)20-10-4-6-13-5-3-9-19-12-13/h1-3,5,7-9,11-12,20H,10H2. The quantitative estimate of drug-likeness (QED) is 0.859. The van der Waals surface area contributed by atoms with E-state index in [4.69, 9.17) is 0 Å². The molecule has 1 heterocycles. The van der Waals surface area contributed by atoms with E-state index in [1.807, 2.05) is 6.07 Å². The number of rotatable bonds is 2. The molecule has 2 aromatic rings. The second-order valence-corrected chi connectivity index (χ2v) is 4.69. The van der Waals surface area contributed by atoms with Crippen molar-refractivity contribution in [2.75, 3.05) is 6.54 Å². The molecule has 0 saturated carbocycles. The van der Waals surface area contributed by atoms with Crippen molar-refractivity contribution in [1.29, 1.82) is 0 Å². The fourth-order valence-electron chi connectivity index (χ4n) is 2.17. The van der Waals surface area contributed by atoms with Gasteiger partial charge in [-0.3, -0.25) is 14.6 Å². The summed E-state index contributed by atoms with van der Waals surface area (Å²) >= 11 is 0. The molecule has 0 fully saturated rings. The summed E-state index contributed by atoms with van der Waals surface area (Å²) < 4.78 is 0. The number of hydrogen-bond donors (Lipinski definition) is 1. The van der Waals surface area contributed by atoms with Crippen molar-refractivity contribution >= 4 is 11.6 Å². The monoisotopic (exact) mass is 288 g/mol. The largest absolute Gasteiger partial charge is 0.371 e. The van der Waals surface area contributed by atoms with E-state index in [0.29, 0.717) is 11.1 Å². The molecule has 0 saturated heterocycles. The minimum Gasteiger partial charge on any atom is -0.371 e. The van der Waals surface area contributed by atoms with Gasteiger partial charge in [-0.05, 0) is 12.1 Å². The topological polar surface area (TPSA) is 59.1 Å². The lowest BCUT2D eigenvalue weighted by atomic mass is 9.93. The molecule has 0 bridgehead atoms. The lowest BCUT2D eigenvalue weighted by Gasteiger charge is -2.14. The lowest BCUT2D eigenvalue weighted by Crippen LogP contribution is -2.27. The molecule has 1 aliphatic rings. The molecule has 1 aliphatic carbocycles. The molecular formula is C18H12N2O2. The normalized spacial score (nSPS) is 12.8. The van der Waals surface area contributed by atoms with E-state index in [1.165, 1.54) is 6.08 Å². The number of carbonyl (C=O) groups excluding carboxylic acids is 2. The summed E-state index contributed by atoms with van der Waals surface area (Å²) in [5, 5.41) is 2.91. The molecule has 4 nitrogen and oxygen atoms in total. The van der Waals surface area contributed by atoms with E-state index in [1.54, 1.807) is 42.7 Å². The predicted molar refractivity (Wildman–Crippen MR) is 82.3 cm³/mol. The van der Waals surface area contributed by atoms with Gasteiger partial charge in [0.1, 0.15) is 0 Å². The molecule has 1 aromatic carbocycles. The molecule has 22 heavy (non-hydrogen) atoms. The first-order valence-electron chi connectivity index (χ1n) is 6.78. The van der Waals surface area contributed by atoms with E-state index >= 15 is 0 Å². The third-order valence-corrected chi connectivity index (χ3v) is 3.22. The highest BCUT2D eigenvalue weighted by Gasteiger charge is 2.24. The zero-order chi connectivity index (χ0) is 15.4. The summed E-state index contributed by atoms with van der Waals surface area (Å²) in [5.41, 5.74) is 1.95. The zero-order valence-corrected chi connectivity index (χ0v) is 11.7. The van der Waals surface area contributed by atoms with Gasteiger partial charge in [0.15, 0.2) is 5.78 Å². The fourth-order valence-corrected chi connectivity index (χ4v) is 2.17. The molecule has 0 aliphatic heterocycles. The van der Waals surface area contributed by atoms with Gasteiger partial charge in [-0.2, -0.15) is 0 Å². The second-order valence-electron chi connectivity index (χ2n) is 4.69. The Labute approximate surface area is 127 Å². The maximum absolute atomic E-state index is 12.3. The number of nitrogens with one attached hydrogen (secondary N) is 1. The van der Waals surface area contributed by atoms with Gasteiger partial charge in [0.2, 0.25) is 5.78 Å². The Morgan fingerprint density at radius 2 is 1.86 bits per heavy atom. The molecule has 1 N–H and O–H groups in total. The molecule has 1 aromatic heterocycles. The Hall–Kier alpha value is -3.19. The van der Waals surface area contributed by atoms with Crippen LogP contribution >= 0.6 is 0 Å². The average Bonchev–Trinajstić information content (AvgIpc) is 2.57. The lowest BCUT2D eigenvalue weighted by molar-refractivity contribution is 0.0979. The highest BCUT2D eigenvalue weighted by atomic mass is 16.1. The molecule has 0 spiro atoms. The summed E-state index contributed by atoms with van der Waals surface area (Å²) in [7, 11) is 0. The van der Waals surface area contributed by atoms with Crippen LogP contribution in [0.15, 0.2) is 60.6 Å². The van der Waals surface area contributed by atoms with Crippen LogP contribution in [0.4, 0.5) is 0 Å². The first-order valence-corrected chi connectivity index (χ1v) is 6.78. The number of aromatic nitrogens is 1. The average molecular weight is 288 g/mol. The summed E-state index contributed by atoms with van der Waals surface area (Å²) in [6, 6.07) is 10.5. The number of ketones is 2. The van der Waals surface area contributed by atoms with Crippen LogP contribution in [0.1, 0.15) is 26.3 Å². The summed E-state index contributed by atoms with van der Waals surface area (Å²) in [6.45, 7) is 0.280. The Balaban J connectivity index is 1.71. The zero-order valence-electron chi connectivity index (χ0n) is 11.7. The van der Waals surface area contributed by atoms with Crippen LogP contribution in [-0.4, -0.2) is 23.1 Å². The summed E-state index contributed by atoms with van der Waals surface area (Å²) in [6.07, 6.45) is 4.67. The molecule has 0 unspecified atom stereocenters. The SMILES string of the molecule is O=C1C=C(NCC#Cc2cccnc2)C(=O)c2ccccc21. The third kappa shape index (κ3) is 2.79. The van der Waals surface area contributed by atoms with Gasteiger partial charge in [-0.25, -0.2) is 0 Å². The van der Waals surface area contributed by atoms with Crippen molar-refractivity contribution in [2.24, 2.45) is 0 Å². The van der Waals surface area contributed by atoms with Crippen LogP contribution in [0.3, 0.4) is 0 Å². The second kappa shape index (κ2) is 6.06. The maximum atomic E-state index is 12.3. The smallest absolute Gasteiger partial charge is 0.209 e. The molecule has 0 radical (unpaired) electrons. The molecule has 0 amide bonds. The van der Waals surface area contributed by atoms with Gasteiger partial charge in [0.05, 0.1) is 12.2 Å². The minimum absolute atomic E-state index is 0.169. The van der Waals surface area contributed by atoms with Crippen molar-refractivity contribution in [1.82, 2.24) is 10.3 Å². The number of fused-ring (bicyclic) bond motifs is 1. The van der Waals surface area contributed by atoms with Crippen LogP contribution in [0.2, 0.25) is 0 Å². The van der Waals surface area contributed by atoms with Crippen LogP contribution in [0, 0.1) is 11.8 Å². The number of hydrogen-bond acceptors (Lipinski definition) is 4. The summed E-state index contributed by atoms with van der Waals surface area (Å²) in [5.74, 6) is 5.48. The van der Waals surface area contributed by atoms with Crippen molar-refractivity contribution in [2.45, 2.75) is 0 Å². The highest BCUT2D eigenvalue weighted by molar-refractivity contribution is 6.24. The van der Waals surface area contributed by atoms with Gasteiger partial charge in [-0.15, -0.1) is 0 Å². The van der Waals surface area contributed by atoms with Crippen molar-refractivity contribution in [3.8, 4) is 11.8 Å². The van der Waals surface area contributed by atoms with Crippen molar-refractivity contribution < 1.29 is 9.59 Å². The number of Topliss-reactive ketones (excluding diaryl/α,β-unsaturated/α-hetero) is 1. The van der Waals surface area contributed by atoms with E-state index < -0.39 is 0 Å². The summed E-state index contributed by atoms with van der Waals surface area (Å²) in [4.78, 5) is 28.2. The number of allylic oxidation sites excluding steroid dienone is 2. The Morgan fingerprint density at radius 3 is 2.64 bits per heavy atom. The maximum Gasteiger partial charge on any atom is 0.209 e. The predicted octanol–water partition coefficient (Wildman–Crippen LogP) is 1.99. The fraction of sp³-hybridized carbons (Fsp3) is 0.0556. The molecule has 106 valence electrons. The van der Waals surface area contributed by atoms with Crippen LogP contribution in [0.5, 0.6) is 0 Å². The number of carbonyl (C=O) groups is 2. The van der Waals surface area contributed by atoms with E-state index in [0.717, 1.165) is 5.56 Å². The van der Waals surface area contributed by atoms with E-state index in [9.17, 15) is 9.59 Å². The van der Waals surface area contributed by atoms with Crippen molar-refractivity contribution in [3.05, 3.63) is 77.3 Å². The number of nitrogens with zero attached hydrogens (tertiary/aromatic N) is 1. The van der Waals surface area contributed by atoms with E-state index in [-0.39, 0.29) is 23.8 Å². The first-order chi connectivity index (χ1) is 10.8. The molecular weight excluding hydrogens is 276 g/mol. The van der Waals surface area contributed by atoms with E-state index in [2.05, 4.69) is 22.1 Å². The molecule has 0 atom stereocenters.